The number of hydrazine groups is 1. The summed E-state index contributed by atoms with van der Waals surface area (Å²) in [6.07, 6.45) is 2.18. The predicted molar refractivity (Wildman–Crippen MR) is 74.8 cm³/mol. The van der Waals surface area contributed by atoms with Crippen LogP contribution in [0.2, 0.25) is 0 Å². The Kier molecular flexibility index (Phi) is 4.15. The second kappa shape index (κ2) is 6.01. The van der Waals surface area contributed by atoms with E-state index in [-0.39, 0.29) is 5.95 Å². The lowest BCUT2D eigenvalue weighted by molar-refractivity contribution is 0.463. The monoisotopic (exact) mass is 259 g/mol. The largest absolute Gasteiger partial charge is 0.439 e. The number of anilines is 2. The molecule has 5 N–H and O–H groups in total. The highest BCUT2D eigenvalue weighted by atomic mass is 16.5. The fraction of sp³-hybridized carbons (Fsp3) is 0.231. The van der Waals surface area contributed by atoms with Crippen LogP contribution in [0.4, 0.5) is 11.8 Å². The zero-order valence-corrected chi connectivity index (χ0v) is 10.8. The minimum atomic E-state index is 0.105. The van der Waals surface area contributed by atoms with Gasteiger partial charge in [-0.15, -0.1) is 0 Å². The molecule has 0 unspecified atom stereocenters. The standard InChI is InChI=1S/C13H17N5O/c1-2-3-9-4-6-10(7-5-9)19-12-8-11(18-15)16-13(14)17-12/h4-8H,2-3,15H2,1H3,(H3,14,16,17,18). The molecule has 1 aromatic heterocycles. The number of aryl methyl sites for hydroxylation is 1. The second-order valence-corrected chi connectivity index (χ2v) is 4.09. The van der Waals surface area contributed by atoms with Crippen molar-refractivity contribution in [1.29, 1.82) is 0 Å². The fourth-order valence-corrected chi connectivity index (χ4v) is 1.70. The van der Waals surface area contributed by atoms with Gasteiger partial charge in [0.05, 0.1) is 0 Å². The van der Waals surface area contributed by atoms with Gasteiger partial charge in [0.1, 0.15) is 11.6 Å². The Morgan fingerprint density at radius 2 is 1.95 bits per heavy atom. The van der Waals surface area contributed by atoms with E-state index in [9.17, 15) is 0 Å². The van der Waals surface area contributed by atoms with E-state index in [1.807, 2.05) is 24.3 Å². The molecule has 0 aliphatic carbocycles. The first kappa shape index (κ1) is 13.1. The van der Waals surface area contributed by atoms with Gasteiger partial charge in [-0.25, -0.2) is 5.84 Å². The zero-order valence-electron chi connectivity index (χ0n) is 10.8. The van der Waals surface area contributed by atoms with E-state index < -0.39 is 0 Å². The highest BCUT2D eigenvalue weighted by Crippen LogP contribution is 2.22. The van der Waals surface area contributed by atoms with E-state index in [1.165, 1.54) is 5.56 Å². The van der Waals surface area contributed by atoms with E-state index in [0.29, 0.717) is 17.4 Å². The van der Waals surface area contributed by atoms with Gasteiger partial charge in [0.2, 0.25) is 11.8 Å². The van der Waals surface area contributed by atoms with Crippen molar-refractivity contribution < 1.29 is 4.74 Å². The first-order chi connectivity index (χ1) is 9.21. The Morgan fingerprint density at radius 3 is 2.58 bits per heavy atom. The molecule has 19 heavy (non-hydrogen) atoms. The van der Waals surface area contributed by atoms with Crippen molar-refractivity contribution in [2.24, 2.45) is 5.84 Å². The molecule has 6 nitrogen and oxygen atoms in total. The van der Waals surface area contributed by atoms with Crippen molar-refractivity contribution >= 4 is 11.8 Å². The van der Waals surface area contributed by atoms with Crippen LogP contribution in [0.5, 0.6) is 11.6 Å². The van der Waals surface area contributed by atoms with Crippen molar-refractivity contribution in [3.8, 4) is 11.6 Å². The van der Waals surface area contributed by atoms with Crippen molar-refractivity contribution in [3.63, 3.8) is 0 Å². The molecule has 1 heterocycles. The maximum Gasteiger partial charge on any atom is 0.226 e. The predicted octanol–water partition coefficient (Wildman–Crippen LogP) is 2.09. The van der Waals surface area contributed by atoms with Crippen LogP contribution in [0.3, 0.4) is 0 Å². The number of nitrogens with zero attached hydrogens (tertiary/aromatic N) is 2. The van der Waals surface area contributed by atoms with Crippen molar-refractivity contribution in [3.05, 3.63) is 35.9 Å². The number of rotatable bonds is 5. The number of ether oxygens (including phenoxy) is 1. The summed E-state index contributed by atoms with van der Waals surface area (Å²) in [5.74, 6) is 6.84. The lowest BCUT2D eigenvalue weighted by atomic mass is 10.1. The van der Waals surface area contributed by atoms with Gasteiger partial charge in [-0.2, -0.15) is 9.97 Å². The van der Waals surface area contributed by atoms with Gasteiger partial charge in [0, 0.05) is 6.07 Å². The molecule has 0 spiro atoms. The highest BCUT2D eigenvalue weighted by molar-refractivity contribution is 5.43. The molecular formula is C13H17N5O. The fourth-order valence-electron chi connectivity index (χ4n) is 1.70. The number of aromatic nitrogens is 2. The molecule has 0 aliphatic heterocycles. The quantitative estimate of drug-likeness (QED) is 0.561. The van der Waals surface area contributed by atoms with E-state index in [1.54, 1.807) is 6.07 Å². The van der Waals surface area contributed by atoms with E-state index >= 15 is 0 Å². The number of nitrogen functional groups attached to an aromatic ring is 2. The first-order valence-electron chi connectivity index (χ1n) is 6.09. The van der Waals surface area contributed by atoms with Gasteiger partial charge in [0.25, 0.3) is 0 Å². The van der Waals surface area contributed by atoms with Crippen LogP contribution < -0.4 is 21.7 Å². The molecule has 0 amide bonds. The molecule has 0 bridgehead atoms. The molecule has 0 saturated heterocycles. The molecule has 0 saturated carbocycles. The molecule has 0 aliphatic rings. The van der Waals surface area contributed by atoms with Crippen LogP contribution in [0, 0.1) is 0 Å². The SMILES string of the molecule is CCCc1ccc(Oc2cc(NN)nc(N)n2)cc1. The molecule has 0 atom stereocenters. The van der Waals surface area contributed by atoms with Gasteiger partial charge in [0.15, 0.2) is 0 Å². The molecule has 0 radical (unpaired) electrons. The van der Waals surface area contributed by atoms with Crippen LogP contribution in [-0.2, 0) is 6.42 Å². The topological polar surface area (TPSA) is 99.1 Å². The third-order valence-corrected chi connectivity index (χ3v) is 2.55. The highest BCUT2D eigenvalue weighted by Gasteiger charge is 2.04. The van der Waals surface area contributed by atoms with Gasteiger partial charge in [-0.05, 0) is 24.1 Å². The van der Waals surface area contributed by atoms with E-state index in [0.717, 1.165) is 12.8 Å². The molecule has 2 aromatic rings. The van der Waals surface area contributed by atoms with Gasteiger partial charge in [-0.3, -0.25) is 0 Å². The summed E-state index contributed by atoms with van der Waals surface area (Å²) in [6.45, 7) is 2.15. The maximum atomic E-state index is 5.61. The van der Waals surface area contributed by atoms with E-state index in [2.05, 4.69) is 22.3 Å². The lowest BCUT2D eigenvalue weighted by Crippen LogP contribution is -2.10. The van der Waals surface area contributed by atoms with Crippen molar-refractivity contribution in [2.75, 3.05) is 11.2 Å². The second-order valence-electron chi connectivity index (χ2n) is 4.09. The molecule has 1 aromatic carbocycles. The van der Waals surface area contributed by atoms with Crippen LogP contribution in [0.1, 0.15) is 18.9 Å². The van der Waals surface area contributed by atoms with Crippen LogP contribution in [0.15, 0.2) is 30.3 Å². The number of nitrogens with two attached hydrogens (primary N) is 2. The van der Waals surface area contributed by atoms with Gasteiger partial charge < -0.3 is 15.9 Å². The maximum absolute atomic E-state index is 5.61. The number of hydrogen-bond acceptors (Lipinski definition) is 6. The Morgan fingerprint density at radius 1 is 1.21 bits per heavy atom. The number of hydrogen-bond donors (Lipinski definition) is 3. The third-order valence-electron chi connectivity index (χ3n) is 2.55. The summed E-state index contributed by atoms with van der Waals surface area (Å²) < 4.78 is 5.61. The lowest BCUT2D eigenvalue weighted by Gasteiger charge is -2.07. The van der Waals surface area contributed by atoms with Crippen molar-refractivity contribution in [1.82, 2.24) is 9.97 Å². The Hall–Kier alpha value is -2.34. The summed E-state index contributed by atoms with van der Waals surface area (Å²) in [5, 5.41) is 0. The minimum absolute atomic E-state index is 0.105. The molecule has 100 valence electrons. The molecular weight excluding hydrogens is 242 g/mol. The summed E-state index contributed by atoms with van der Waals surface area (Å²) >= 11 is 0. The van der Waals surface area contributed by atoms with Gasteiger partial charge in [-0.1, -0.05) is 25.5 Å². The Labute approximate surface area is 111 Å². The van der Waals surface area contributed by atoms with Crippen LogP contribution >= 0.6 is 0 Å². The Bertz CT molecular complexity index is 541. The molecule has 6 heteroatoms. The van der Waals surface area contributed by atoms with Crippen molar-refractivity contribution in [2.45, 2.75) is 19.8 Å². The smallest absolute Gasteiger partial charge is 0.226 e. The first-order valence-corrected chi connectivity index (χ1v) is 6.09. The van der Waals surface area contributed by atoms with Crippen LogP contribution in [0.25, 0.3) is 0 Å². The van der Waals surface area contributed by atoms with E-state index in [4.69, 9.17) is 16.3 Å². The van der Waals surface area contributed by atoms with Gasteiger partial charge >= 0.3 is 0 Å². The zero-order chi connectivity index (χ0) is 13.7. The third kappa shape index (κ3) is 3.56. The summed E-state index contributed by atoms with van der Waals surface area (Å²) in [5.41, 5.74) is 9.24. The summed E-state index contributed by atoms with van der Waals surface area (Å²) in [4.78, 5) is 7.87. The molecule has 0 fully saturated rings. The summed E-state index contributed by atoms with van der Waals surface area (Å²) in [7, 11) is 0. The summed E-state index contributed by atoms with van der Waals surface area (Å²) in [6, 6.07) is 9.45. The average Bonchev–Trinajstić information content (AvgIpc) is 2.40. The minimum Gasteiger partial charge on any atom is -0.439 e. The average molecular weight is 259 g/mol. The molecule has 2 rings (SSSR count). The number of nitrogens with one attached hydrogen (secondary N) is 1. The van der Waals surface area contributed by atoms with Crippen LogP contribution in [-0.4, -0.2) is 9.97 Å². The Balaban J connectivity index is 2.14. The normalized spacial score (nSPS) is 10.2. The number of benzene rings is 1.